The molecule has 1 aliphatic rings. The molecule has 1 fully saturated rings. The van der Waals surface area contributed by atoms with E-state index in [0.29, 0.717) is 5.56 Å². The van der Waals surface area contributed by atoms with Gasteiger partial charge in [-0.2, -0.15) is 5.26 Å². The number of halogens is 1. The van der Waals surface area contributed by atoms with E-state index in [0.717, 1.165) is 43.6 Å². The van der Waals surface area contributed by atoms with Crippen LogP contribution in [0.4, 0.5) is 5.82 Å². The number of anilines is 1. The Hall–Kier alpha value is -2.09. The van der Waals surface area contributed by atoms with E-state index in [1.165, 1.54) is 5.56 Å². The summed E-state index contributed by atoms with van der Waals surface area (Å²) in [5.41, 5.74) is 1.89. The Morgan fingerprint density at radius 1 is 1.05 bits per heavy atom. The van der Waals surface area contributed by atoms with Gasteiger partial charge in [-0.3, -0.25) is 4.90 Å². The number of aromatic nitrogens is 1. The van der Waals surface area contributed by atoms with Crippen molar-refractivity contribution in [2.75, 3.05) is 31.1 Å². The van der Waals surface area contributed by atoms with Crippen molar-refractivity contribution in [2.45, 2.75) is 6.54 Å². The lowest BCUT2D eigenvalue weighted by atomic mass is 10.2. The summed E-state index contributed by atoms with van der Waals surface area (Å²) in [6.07, 6.45) is 1.63. The van der Waals surface area contributed by atoms with Crippen LogP contribution in [0.25, 0.3) is 0 Å². The minimum Gasteiger partial charge on any atom is -0.354 e. The summed E-state index contributed by atoms with van der Waals surface area (Å²) in [6.45, 7) is 4.86. The standard InChI is InChI=1S/C17H17ClN4/c18-16-4-1-14(2-5-16)13-21-7-9-22(10-8-21)17-6-3-15(11-19)12-20-17/h1-6,12H,7-10,13H2. The van der Waals surface area contributed by atoms with Crippen molar-refractivity contribution < 1.29 is 0 Å². The van der Waals surface area contributed by atoms with Gasteiger partial charge in [-0.1, -0.05) is 23.7 Å². The minimum absolute atomic E-state index is 0.602. The van der Waals surface area contributed by atoms with Gasteiger partial charge in [-0.15, -0.1) is 0 Å². The first kappa shape index (κ1) is 14.8. The van der Waals surface area contributed by atoms with Crippen molar-refractivity contribution in [2.24, 2.45) is 0 Å². The average Bonchev–Trinajstić information content (AvgIpc) is 2.58. The Morgan fingerprint density at radius 2 is 1.77 bits per heavy atom. The van der Waals surface area contributed by atoms with E-state index in [9.17, 15) is 0 Å². The number of rotatable bonds is 3. The fourth-order valence-corrected chi connectivity index (χ4v) is 2.75. The number of benzene rings is 1. The highest BCUT2D eigenvalue weighted by atomic mass is 35.5. The molecule has 0 bridgehead atoms. The van der Waals surface area contributed by atoms with Gasteiger partial charge in [-0.05, 0) is 29.8 Å². The molecule has 2 heterocycles. The fourth-order valence-electron chi connectivity index (χ4n) is 2.62. The number of nitriles is 1. The second-order valence-electron chi connectivity index (χ2n) is 5.41. The Labute approximate surface area is 135 Å². The highest BCUT2D eigenvalue weighted by Crippen LogP contribution is 2.16. The summed E-state index contributed by atoms with van der Waals surface area (Å²) in [4.78, 5) is 9.06. The van der Waals surface area contributed by atoms with Crippen molar-refractivity contribution >= 4 is 17.4 Å². The van der Waals surface area contributed by atoms with Gasteiger partial charge in [0, 0.05) is 43.9 Å². The first-order valence-corrected chi connectivity index (χ1v) is 7.70. The molecule has 0 radical (unpaired) electrons. The smallest absolute Gasteiger partial charge is 0.128 e. The van der Waals surface area contributed by atoms with E-state index in [4.69, 9.17) is 16.9 Å². The number of pyridine rings is 1. The Balaban J connectivity index is 1.55. The molecule has 0 aliphatic carbocycles. The van der Waals surface area contributed by atoms with E-state index >= 15 is 0 Å². The Bertz CT molecular complexity index is 653. The SMILES string of the molecule is N#Cc1ccc(N2CCN(Cc3ccc(Cl)cc3)CC2)nc1. The second kappa shape index (κ2) is 6.78. The third-order valence-electron chi connectivity index (χ3n) is 3.89. The molecule has 1 aliphatic heterocycles. The van der Waals surface area contributed by atoms with Gasteiger partial charge >= 0.3 is 0 Å². The number of hydrogen-bond acceptors (Lipinski definition) is 4. The lowest BCUT2D eigenvalue weighted by Crippen LogP contribution is -2.46. The van der Waals surface area contributed by atoms with Crippen LogP contribution in [0.3, 0.4) is 0 Å². The molecule has 0 saturated carbocycles. The lowest BCUT2D eigenvalue weighted by Gasteiger charge is -2.35. The van der Waals surface area contributed by atoms with Gasteiger partial charge < -0.3 is 4.90 Å². The molecule has 5 heteroatoms. The van der Waals surface area contributed by atoms with Crippen molar-refractivity contribution in [3.63, 3.8) is 0 Å². The van der Waals surface area contributed by atoms with E-state index in [-0.39, 0.29) is 0 Å². The molecule has 3 rings (SSSR count). The van der Waals surface area contributed by atoms with Crippen molar-refractivity contribution in [1.82, 2.24) is 9.88 Å². The van der Waals surface area contributed by atoms with Crippen LogP contribution >= 0.6 is 11.6 Å². The molecule has 0 N–H and O–H groups in total. The molecule has 0 spiro atoms. The van der Waals surface area contributed by atoms with Gasteiger partial charge in [-0.25, -0.2) is 4.98 Å². The summed E-state index contributed by atoms with van der Waals surface area (Å²) in [5, 5.41) is 9.59. The monoisotopic (exact) mass is 312 g/mol. The van der Waals surface area contributed by atoms with Gasteiger partial charge in [0.2, 0.25) is 0 Å². The van der Waals surface area contributed by atoms with Gasteiger partial charge in [0.25, 0.3) is 0 Å². The molecule has 0 amide bonds. The summed E-state index contributed by atoms with van der Waals surface area (Å²) in [7, 11) is 0. The van der Waals surface area contributed by atoms with Crippen LogP contribution in [0.1, 0.15) is 11.1 Å². The zero-order valence-corrected chi connectivity index (χ0v) is 13.0. The molecular formula is C17H17ClN4. The van der Waals surface area contributed by atoms with Crippen LogP contribution in [0.2, 0.25) is 5.02 Å². The molecule has 112 valence electrons. The third-order valence-corrected chi connectivity index (χ3v) is 4.14. The van der Waals surface area contributed by atoms with Gasteiger partial charge in [0.15, 0.2) is 0 Å². The van der Waals surface area contributed by atoms with E-state index in [2.05, 4.69) is 33.0 Å². The maximum atomic E-state index is 8.81. The number of piperazine rings is 1. The van der Waals surface area contributed by atoms with Gasteiger partial charge in [0.05, 0.1) is 5.56 Å². The topological polar surface area (TPSA) is 43.2 Å². The molecule has 22 heavy (non-hydrogen) atoms. The summed E-state index contributed by atoms with van der Waals surface area (Å²) < 4.78 is 0. The third kappa shape index (κ3) is 3.56. The Morgan fingerprint density at radius 3 is 2.36 bits per heavy atom. The van der Waals surface area contributed by atoms with Crippen molar-refractivity contribution in [1.29, 1.82) is 5.26 Å². The van der Waals surface area contributed by atoms with Crippen LogP contribution < -0.4 is 4.90 Å². The summed E-state index contributed by atoms with van der Waals surface area (Å²) in [5.74, 6) is 0.949. The fraction of sp³-hybridized carbons (Fsp3) is 0.294. The first-order chi connectivity index (χ1) is 10.7. The highest BCUT2D eigenvalue weighted by Gasteiger charge is 2.18. The number of nitrogens with zero attached hydrogens (tertiary/aromatic N) is 4. The van der Waals surface area contributed by atoms with Gasteiger partial charge in [0.1, 0.15) is 11.9 Å². The van der Waals surface area contributed by atoms with Crippen LogP contribution in [-0.4, -0.2) is 36.1 Å². The van der Waals surface area contributed by atoms with E-state index in [1.807, 2.05) is 24.3 Å². The second-order valence-corrected chi connectivity index (χ2v) is 5.84. The predicted octanol–water partition coefficient (Wildman–Crippen LogP) is 2.93. The average molecular weight is 313 g/mol. The van der Waals surface area contributed by atoms with Crippen LogP contribution in [0.15, 0.2) is 42.6 Å². The summed E-state index contributed by atoms with van der Waals surface area (Å²) in [6, 6.07) is 13.9. The molecule has 1 aromatic carbocycles. The molecule has 2 aromatic rings. The predicted molar refractivity (Wildman–Crippen MR) is 87.9 cm³/mol. The lowest BCUT2D eigenvalue weighted by molar-refractivity contribution is 0.249. The van der Waals surface area contributed by atoms with Crippen LogP contribution in [0, 0.1) is 11.3 Å². The van der Waals surface area contributed by atoms with Crippen molar-refractivity contribution in [3.05, 3.63) is 58.7 Å². The first-order valence-electron chi connectivity index (χ1n) is 7.32. The normalized spacial score (nSPS) is 15.5. The zero-order chi connectivity index (χ0) is 15.4. The molecule has 1 aromatic heterocycles. The van der Waals surface area contributed by atoms with Crippen LogP contribution in [0.5, 0.6) is 0 Å². The van der Waals surface area contributed by atoms with Crippen molar-refractivity contribution in [3.8, 4) is 6.07 Å². The highest BCUT2D eigenvalue weighted by molar-refractivity contribution is 6.30. The zero-order valence-electron chi connectivity index (χ0n) is 12.2. The van der Waals surface area contributed by atoms with Crippen LogP contribution in [-0.2, 0) is 6.54 Å². The quantitative estimate of drug-likeness (QED) is 0.874. The minimum atomic E-state index is 0.602. The largest absolute Gasteiger partial charge is 0.354 e. The van der Waals surface area contributed by atoms with E-state index < -0.39 is 0 Å². The molecule has 4 nitrogen and oxygen atoms in total. The maximum absolute atomic E-state index is 8.81. The Kier molecular flexibility index (Phi) is 4.57. The molecule has 1 saturated heterocycles. The molecule has 0 unspecified atom stereocenters. The molecule has 0 atom stereocenters. The number of hydrogen-bond donors (Lipinski definition) is 0. The maximum Gasteiger partial charge on any atom is 0.128 e. The summed E-state index contributed by atoms with van der Waals surface area (Å²) >= 11 is 5.92. The molecular weight excluding hydrogens is 296 g/mol. The van der Waals surface area contributed by atoms with E-state index in [1.54, 1.807) is 6.20 Å².